The van der Waals surface area contributed by atoms with Gasteiger partial charge in [0.05, 0.1) is 9.88 Å². The SMILES string of the molecule is CN1CCC(c2ncc(-c3cnc(N)c(OCc4cccc(C#CC(C)(C)C5CCCCC5)c4)c3)s2)CC1. The highest BCUT2D eigenvalue weighted by molar-refractivity contribution is 7.15. The van der Waals surface area contributed by atoms with Gasteiger partial charge in [-0.1, -0.05) is 43.2 Å². The number of aromatic nitrogens is 2. The number of likely N-dealkylation sites (tertiary alicyclic amines) is 1. The van der Waals surface area contributed by atoms with Crippen molar-refractivity contribution < 1.29 is 4.74 Å². The van der Waals surface area contributed by atoms with Crippen LogP contribution in [0.15, 0.2) is 42.7 Å². The van der Waals surface area contributed by atoms with Gasteiger partial charge in [0.1, 0.15) is 6.61 Å². The molecule has 1 aromatic carbocycles. The second-order valence-corrected chi connectivity index (χ2v) is 12.6. The van der Waals surface area contributed by atoms with Crippen molar-refractivity contribution in [1.82, 2.24) is 14.9 Å². The van der Waals surface area contributed by atoms with Crippen LogP contribution in [0.1, 0.15) is 80.8 Å². The van der Waals surface area contributed by atoms with E-state index in [4.69, 9.17) is 15.5 Å². The lowest BCUT2D eigenvalue weighted by Gasteiger charge is -2.32. The van der Waals surface area contributed by atoms with Crippen molar-refractivity contribution in [3.05, 3.63) is 58.9 Å². The third-order valence-electron chi connectivity index (χ3n) is 8.23. The molecular formula is C32H40N4OS. The monoisotopic (exact) mass is 528 g/mol. The minimum atomic E-state index is 0.0390. The lowest BCUT2D eigenvalue weighted by Crippen LogP contribution is -2.29. The molecule has 3 aromatic rings. The Balaban J connectivity index is 1.24. The molecule has 0 atom stereocenters. The van der Waals surface area contributed by atoms with Crippen LogP contribution in [0, 0.1) is 23.2 Å². The number of ether oxygens (including phenoxy) is 1. The Morgan fingerprint density at radius 1 is 1.05 bits per heavy atom. The van der Waals surface area contributed by atoms with E-state index in [2.05, 4.69) is 66.9 Å². The zero-order valence-corrected chi connectivity index (χ0v) is 23.8. The summed E-state index contributed by atoms with van der Waals surface area (Å²) in [5, 5.41) is 1.22. The van der Waals surface area contributed by atoms with Crippen LogP contribution >= 0.6 is 11.3 Å². The minimum Gasteiger partial charge on any atom is -0.485 e. The molecule has 5 rings (SSSR count). The van der Waals surface area contributed by atoms with Gasteiger partial charge in [0.2, 0.25) is 0 Å². The van der Waals surface area contributed by atoms with E-state index in [0.29, 0.717) is 30.0 Å². The lowest BCUT2D eigenvalue weighted by molar-refractivity contribution is 0.220. The Kier molecular flexibility index (Phi) is 8.35. The van der Waals surface area contributed by atoms with Crippen LogP contribution in [0.4, 0.5) is 5.82 Å². The van der Waals surface area contributed by atoms with E-state index < -0.39 is 0 Å². The van der Waals surface area contributed by atoms with Crippen LogP contribution in [0.25, 0.3) is 10.4 Å². The van der Waals surface area contributed by atoms with Crippen molar-refractivity contribution >= 4 is 17.2 Å². The van der Waals surface area contributed by atoms with Crippen molar-refractivity contribution in [2.45, 2.75) is 71.3 Å². The van der Waals surface area contributed by atoms with Crippen molar-refractivity contribution in [1.29, 1.82) is 0 Å². The summed E-state index contributed by atoms with van der Waals surface area (Å²) in [6, 6.07) is 10.3. The number of anilines is 1. The number of rotatable bonds is 6. The first kappa shape index (κ1) is 26.7. The topological polar surface area (TPSA) is 64.3 Å². The zero-order chi connectivity index (χ0) is 26.5. The number of nitrogens with zero attached hydrogens (tertiary/aromatic N) is 3. The summed E-state index contributed by atoms with van der Waals surface area (Å²) in [5.74, 6) is 9.27. The predicted octanol–water partition coefficient (Wildman–Crippen LogP) is 7.13. The van der Waals surface area contributed by atoms with Crippen LogP contribution in [0.2, 0.25) is 0 Å². The van der Waals surface area contributed by atoms with E-state index in [-0.39, 0.29) is 5.41 Å². The molecule has 0 radical (unpaired) electrons. The maximum Gasteiger partial charge on any atom is 0.166 e. The molecule has 2 aliphatic rings. The fraction of sp³-hybridized carbons (Fsp3) is 0.500. The molecule has 6 heteroatoms. The Hall–Kier alpha value is -2.88. The van der Waals surface area contributed by atoms with E-state index in [1.54, 1.807) is 11.3 Å². The summed E-state index contributed by atoms with van der Waals surface area (Å²) >= 11 is 1.76. The fourth-order valence-corrected chi connectivity index (χ4v) is 6.70. The predicted molar refractivity (Wildman–Crippen MR) is 157 cm³/mol. The molecule has 0 spiro atoms. The molecule has 0 bridgehead atoms. The Bertz CT molecular complexity index is 1290. The lowest BCUT2D eigenvalue weighted by atomic mass is 9.71. The molecule has 2 N–H and O–H groups in total. The average molecular weight is 529 g/mol. The summed E-state index contributed by atoms with van der Waals surface area (Å²) in [5.41, 5.74) is 9.32. The van der Waals surface area contributed by atoms with E-state index in [9.17, 15) is 0 Å². The van der Waals surface area contributed by atoms with Gasteiger partial charge in [0.15, 0.2) is 11.6 Å². The minimum absolute atomic E-state index is 0.0390. The Morgan fingerprint density at radius 3 is 2.63 bits per heavy atom. The van der Waals surface area contributed by atoms with E-state index in [0.717, 1.165) is 34.7 Å². The van der Waals surface area contributed by atoms with Gasteiger partial charge in [-0.25, -0.2) is 9.97 Å². The number of nitrogens with two attached hydrogens (primary N) is 1. The van der Waals surface area contributed by atoms with Crippen LogP contribution < -0.4 is 10.5 Å². The van der Waals surface area contributed by atoms with Gasteiger partial charge < -0.3 is 15.4 Å². The van der Waals surface area contributed by atoms with Gasteiger partial charge in [0.25, 0.3) is 0 Å². The van der Waals surface area contributed by atoms with Crippen LogP contribution in [0.3, 0.4) is 0 Å². The average Bonchev–Trinajstić information content (AvgIpc) is 3.43. The molecule has 1 aliphatic heterocycles. The number of benzene rings is 1. The van der Waals surface area contributed by atoms with Gasteiger partial charge in [0, 0.05) is 34.9 Å². The smallest absolute Gasteiger partial charge is 0.166 e. The summed E-state index contributed by atoms with van der Waals surface area (Å²) in [6.07, 6.45) is 12.8. The molecule has 1 aliphatic carbocycles. The van der Waals surface area contributed by atoms with Crippen molar-refractivity contribution in [2.24, 2.45) is 11.3 Å². The maximum absolute atomic E-state index is 6.19. The van der Waals surface area contributed by atoms with E-state index in [1.165, 1.54) is 50.0 Å². The summed E-state index contributed by atoms with van der Waals surface area (Å²) in [7, 11) is 2.19. The van der Waals surface area contributed by atoms with Crippen molar-refractivity contribution in [2.75, 3.05) is 25.9 Å². The molecule has 200 valence electrons. The van der Waals surface area contributed by atoms with Crippen molar-refractivity contribution in [3.63, 3.8) is 0 Å². The van der Waals surface area contributed by atoms with E-state index >= 15 is 0 Å². The van der Waals surface area contributed by atoms with Gasteiger partial charge in [-0.05, 0) is 89.3 Å². The Morgan fingerprint density at radius 2 is 1.84 bits per heavy atom. The summed E-state index contributed by atoms with van der Waals surface area (Å²) < 4.78 is 6.16. The highest BCUT2D eigenvalue weighted by Gasteiger charge is 2.28. The summed E-state index contributed by atoms with van der Waals surface area (Å²) in [6.45, 7) is 7.27. The van der Waals surface area contributed by atoms with Crippen LogP contribution in [-0.4, -0.2) is 35.0 Å². The number of piperidine rings is 1. The number of thiazole rings is 1. The molecule has 5 nitrogen and oxygen atoms in total. The van der Waals surface area contributed by atoms with Crippen LogP contribution in [0.5, 0.6) is 5.75 Å². The second-order valence-electron chi connectivity index (χ2n) is 11.5. The standard InChI is InChI=1S/C32H40N4OS/c1-32(2,27-10-5-4-6-11-27)15-12-23-8-7-9-24(18-23)22-37-28-19-26(20-34-30(28)33)29-21-35-31(38-29)25-13-16-36(3)17-14-25/h7-9,18-21,25,27H,4-6,10-11,13-14,16-17,22H2,1-3H3,(H2,33,34). The number of hydrogen-bond donors (Lipinski definition) is 1. The highest BCUT2D eigenvalue weighted by Crippen LogP contribution is 2.38. The molecule has 3 heterocycles. The maximum atomic E-state index is 6.19. The van der Waals surface area contributed by atoms with Gasteiger partial charge in [-0.3, -0.25) is 0 Å². The fourth-order valence-electron chi connectivity index (χ4n) is 5.63. The van der Waals surface area contributed by atoms with Gasteiger partial charge >= 0.3 is 0 Å². The largest absolute Gasteiger partial charge is 0.485 e. The molecule has 0 unspecified atom stereocenters. The van der Waals surface area contributed by atoms with Gasteiger partial charge in [-0.15, -0.1) is 11.3 Å². The normalized spacial score (nSPS) is 17.7. The summed E-state index contributed by atoms with van der Waals surface area (Å²) in [4.78, 5) is 12.7. The molecule has 1 saturated heterocycles. The third kappa shape index (κ3) is 6.57. The molecule has 2 fully saturated rings. The van der Waals surface area contributed by atoms with Crippen LogP contribution in [-0.2, 0) is 6.61 Å². The molecular weight excluding hydrogens is 488 g/mol. The number of hydrogen-bond acceptors (Lipinski definition) is 6. The Labute approximate surface area is 231 Å². The number of pyridine rings is 1. The first-order valence-corrected chi connectivity index (χ1v) is 14.8. The molecule has 1 saturated carbocycles. The van der Waals surface area contributed by atoms with Gasteiger partial charge in [-0.2, -0.15) is 0 Å². The van der Waals surface area contributed by atoms with Crippen molar-refractivity contribution in [3.8, 4) is 28.0 Å². The van der Waals surface area contributed by atoms with E-state index in [1.807, 2.05) is 18.5 Å². The molecule has 0 amide bonds. The zero-order valence-electron chi connectivity index (χ0n) is 23.0. The molecule has 2 aromatic heterocycles. The first-order chi connectivity index (χ1) is 18.4. The molecule has 38 heavy (non-hydrogen) atoms. The number of nitrogen functional groups attached to an aromatic ring is 1. The quantitative estimate of drug-likeness (QED) is 0.345. The second kappa shape index (κ2) is 11.9. The highest BCUT2D eigenvalue weighted by atomic mass is 32.1. The first-order valence-electron chi connectivity index (χ1n) is 14.0. The third-order valence-corrected chi connectivity index (χ3v) is 9.44.